The molecule has 21 heavy (non-hydrogen) atoms. The molecule has 104 valence electrons. The Kier molecular flexibility index (Phi) is 3.53. The summed E-state index contributed by atoms with van der Waals surface area (Å²) in [6.07, 6.45) is 3.38. The van der Waals surface area contributed by atoms with Crippen LogP contribution in [0, 0.1) is 20.8 Å². The standard InChI is InChI=1S/C19H18N2/c1-13-8-9-16(15(3)14(13)2)17-6-4-5-7-18(17)19-10-11-20-12-21-19/h4-12H,1-3H3. The Morgan fingerprint density at radius 2 is 1.48 bits per heavy atom. The molecule has 0 spiro atoms. The van der Waals surface area contributed by atoms with Crippen molar-refractivity contribution in [2.24, 2.45) is 0 Å². The maximum Gasteiger partial charge on any atom is 0.116 e. The molecule has 0 aliphatic carbocycles. The van der Waals surface area contributed by atoms with Gasteiger partial charge in [-0.25, -0.2) is 9.97 Å². The Labute approximate surface area is 125 Å². The number of aryl methyl sites for hydroxylation is 1. The zero-order valence-corrected chi connectivity index (χ0v) is 12.6. The van der Waals surface area contributed by atoms with Gasteiger partial charge in [0.1, 0.15) is 6.33 Å². The fourth-order valence-electron chi connectivity index (χ4n) is 2.64. The lowest BCUT2D eigenvalue weighted by Gasteiger charge is -2.14. The first-order valence-corrected chi connectivity index (χ1v) is 7.11. The lowest BCUT2D eigenvalue weighted by molar-refractivity contribution is 1.17. The number of benzene rings is 2. The van der Waals surface area contributed by atoms with Gasteiger partial charge in [0.15, 0.2) is 0 Å². The molecule has 0 aliphatic rings. The second-order valence-corrected chi connectivity index (χ2v) is 5.32. The summed E-state index contributed by atoms with van der Waals surface area (Å²) in [4.78, 5) is 8.40. The molecular weight excluding hydrogens is 256 g/mol. The Balaban J connectivity index is 2.23. The average Bonchev–Trinajstić information content (AvgIpc) is 2.54. The molecule has 3 aromatic rings. The highest BCUT2D eigenvalue weighted by atomic mass is 14.8. The SMILES string of the molecule is Cc1ccc(-c2ccccc2-c2ccncn2)c(C)c1C. The molecule has 1 heterocycles. The van der Waals surface area contributed by atoms with Crippen LogP contribution in [0.3, 0.4) is 0 Å². The van der Waals surface area contributed by atoms with Crippen molar-refractivity contribution in [3.8, 4) is 22.4 Å². The van der Waals surface area contributed by atoms with Gasteiger partial charge in [-0.15, -0.1) is 0 Å². The summed E-state index contributed by atoms with van der Waals surface area (Å²) in [7, 11) is 0. The first kappa shape index (κ1) is 13.5. The predicted molar refractivity (Wildman–Crippen MR) is 87.1 cm³/mol. The van der Waals surface area contributed by atoms with E-state index in [1.165, 1.54) is 27.8 Å². The van der Waals surface area contributed by atoms with Crippen LogP contribution in [-0.2, 0) is 0 Å². The first-order chi connectivity index (χ1) is 10.2. The monoisotopic (exact) mass is 274 g/mol. The molecule has 0 fully saturated rings. The molecule has 0 saturated heterocycles. The van der Waals surface area contributed by atoms with Crippen LogP contribution in [0.1, 0.15) is 16.7 Å². The molecule has 0 bridgehead atoms. The van der Waals surface area contributed by atoms with Crippen molar-refractivity contribution >= 4 is 0 Å². The molecule has 2 aromatic carbocycles. The minimum absolute atomic E-state index is 0.957. The van der Waals surface area contributed by atoms with Crippen molar-refractivity contribution in [3.63, 3.8) is 0 Å². The highest BCUT2D eigenvalue weighted by Crippen LogP contribution is 2.34. The fourth-order valence-corrected chi connectivity index (χ4v) is 2.64. The molecule has 0 atom stereocenters. The third kappa shape index (κ3) is 2.45. The third-order valence-electron chi connectivity index (χ3n) is 4.13. The van der Waals surface area contributed by atoms with Gasteiger partial charge in [-0.2, -0.15) is 0 Å². The third-order valence-corrected chi connectivity index (χ3v) is 4.13. The highest BCUT2D eigenvalue weighted by molar-refractivity contribution is 5.83. The van der Waals surface area contributed by atoms with Crippen molar-refractivity contribution in [2.75, 3.05) is 0 Å². The first-order valence-electron chi connectivity index (χ1n) is 7.11. The second kappa shape index (κ2) is 5.49. The molecule has 0 aliphatic heterocycles. The molecular formula is C19H18N2. The maximum absolute atomic E-state index is 4.39. The van der Waals surface area contributed by atoms with Crippen LogP contribution in [-0.4, -0.2) is 9.97 Å². The molecule has 2 nitrogen and oxygen atoms in total. The Bertz CT molecular complexity index is 777. The molecule has 0 saturated carbocycles. The van der Waals surface area contributed by atoms with E-state index in [1.54, 1.807) is 12.5 Å². The van der Waals surface area contributed by atoms with Crippen molar-refractivity contribution in [2.45, 2.75) is 20.8 Å². The van der Waals surface area contributed by atoms with Crippen LogP contribution < -0.4 is 0 Å². The fraction of sp³-hybridized carbons (Fsp3) is 0.158. The van der Waals surface area contributed by atoms with E-state index in [1.807, 2.05) is 6.07 Å². The molecule has 0 unspecified atom stereocenters. The Morgan fingerprint density at radius 3 is 2.19 bits per heavy atom. The van der Waals surface area contributed by atoms with E-state index in [9.17, 15) is 0 Å². The van der Waals surface area contributed by atoms with E-state index >= 15 is 0 Å². The van der Waals surface area contributed by atoms with E-state index in [4.69, 9.17) is 0 Å². The van der Waals surface area contributed by atoms with Crippen LogP contribution in [0.15, 0.2) is 55.0 Å². The number of hydrogen-bond acceptors (Lipinski definition) is 2. The Hall–Kier alpha value is -2.48. The molecule has 0 amide bonds. The lowest BCUT2D eigenvalue weighted by Crippen LogP contribution is -1.93. The minimum atomic E-state index is 0.957. The average molecular weight is 274 g/mol. The highest BCUT2D eigenvalue weighted by Gasteiger charge is 2.11. The molecule has 3 rings (SSSR count). The summed E-state index contributed by atoms with van der Waals surface area (Å²) in [6, 6.07) is 14.8. The van der Waals surface area contributed by atoms with Crippen LogP contribution in [0.4, 0.5) is 0 Å². The van der Waals surface area contributed by atoms with E-state index in [2.05, 4.69) is 67.1 Å². The van der Waals surface area contributed by atoms with Crippen molar-refractivity contribution in [1.29, 1.82) is 0 Å². The topological polar surface area (TPSA) is 25.8 Å². The van der Waals surface area contributed by atoms with Gasteiger partial charge in [-0.3, -0.25) is 0 Å². The van der Waals surface area contributed by atoms with Gasteiger partial charge in [-0.05, 0) is 54.7 Å². The minimum Gasteiger partial charge on any atom is -0.245 e. The predicted octanol–water partition coefficient (Wildman–Crippen LogP) is 4.74. The number of rotatable bonds is 2. The molecule has 0 N–H and O–H groups in total. The van der Waals surface area contributed by atoms with Crippen LogP contribution >= 0.6 is 0 Å². The van der Waals surface area contributed by atoms with Crippen LogP contribution in [0.25, 0.3) is 22.4 Å². The van der Waals surface area contributed by atoms with E-state index in [0.717, 1.165) is 11.3 Å². The summed E-state index contributed by atoms with van der Waals surface area (Å²) in [5, 5.41) is 0. The van der Waals surface area contributed by atoms with E-state index in [-0.39, 0.29) is 0 Å². The number of aromatic nitrogens is 2. The largest absolute Gasteiger partial charge is 0.245 e. The van der Waals surface area contributed by atoms with E-state index in [0.29, 0.717) is 0 Å². The van der Waals surface area contributed by atoms with Crippen molar-refractivity contribution in [1.82, 2.24) is 9.97 Å². The summed E-state index contributed by atoms with van der Waals surface area (Å²) in [6.45, 7) is 6.53. The molecule has 1 aromatic heterocycles. The molecule has 2 heteroatoms. The summed E-state index contributed by atoms with van der Waals surface area (Å²) in [5.41, 5.74) is 8.60. The van der Waals surface area contributed by atoms with Gasteiger partial charge in [0.05, 0.1) is 5.69 Å². The van der Waals surface area contributed by atoms with Crippen molar-refractivity contribution < 1.29 is 0 Å². The smallest absolute Gasteiger partial charge is 0.116 e. The quantitative estimate of drug-likeness (QED) is 0.674. The molecule has 0 radical (unpaired) electrons. The summed E-state index contributed by atoms with van der Waals surface area (Å²) >= 11 is 0. The zero-order valence-electron chi connectivity index (χ0n) is 12.6. The van der Waals surface area contributed by atoms with Gasteiger partial charge < -0.3 is 0 Å². The summed E-state index contributed by atoms with van der Waals surface area (Å²) in [5.74, 6) is 0. The maximum atomic E-state index is 4.39. The van der Waals surface area contributed by atoms with Gasteiger partial charge in [-0.1, -0.05) is 36.4 Å². The zero-order chi connectivity index (χ0) is 14.8. The Morgan fingerprint density at radius 1 is 0.714 bits per heavy atom. The van der Waals surface area contributed by atoms with Crippen molar-refractivity contribution in [3.05, 3.63) is 71.7 Å². The summed E-state index contributed by atoms with van der Waals surface area (Å²) < 4.78 is 0. The van der Waals surface area contributed by atoms with Gasteiger partial charge in [0.25, 0.3) is 0 Å². The second-order valence-electron chi connectivity index (χ2n) is 5.32. The van der Waals surface area contributed by atoms with Gasteiger partial charge in [0.2, 0.25) is 0 Å². The van der Waals surface area contributed by atoms with E-state index < -0.39 is 0 Å². The van der Waals surface area contributed by atoms with Gasteiger partial charge in [0, 0.05) is 11.8 Å². The van der Waals surface area contributed by atoms with Gasteiger partial charge >= 0.3 is 0 Å². The van der Waals surface area contributed by atoms with Crippen LogP contribution in [0.2, 0.25) is 0 Å². The number of hydrogen-bond donors (Lipinski definition) is 0. The number of nitrogens with zero attached hydrogens (tertiary/aromatic N) is 2. The normalized spacial score (nSPS) is 10.6. The van der Waals surface area contributed by atoms with Crippen LogP contribution in [0.5, 0.6) is 0 Å². The lowest BCUT2D eigenvalue weighted by atomic mass is 9.90.